The van der Waals surface area contributed by atoms with E-state index in [0.29, 0.717) is 0 Å². The van der Waals surface area contributed by atoms with Crippen LogP contribution in [0.2, 0.25) is 0 Å². The number of aliphatic hydroxyl groups is 1. The molecule has 1 atom stereocenters. The Hall–Kier alpha value is -1.35. The van der Waals surface area contributed by atoms with Crippen molar-refractivity contribution in [1.29, 1.82) is 0 Å². The summed E-state index contributed by atoms with van der Waals surface area (Å²) < 4.78 is 0. The standard InChI is InChI=1S/C15H16OS/c1-2-3-4-6-9-14(16)12-13-17-15-10-7-5-8-11-15/h5,7-8,10-11,14,16H,2-4H2,1H3. The zero-order valence-corrected chi connectivity index (χ0v) is 10.8. The molecule has 0 saturated carbocycles. The van der Waals surface area contributed by atoms with E-state index in [9.17, 15) is 5.11 Å². The van der Waals surface area contributed by atoms with Gasteiger partial charge in [0.2, 0.25) is 0 Å². The molecule has 0 aromatic heterocycles. The first-order valence-electron chi connectivity index (χ1n) is 5.72. The molecule has 1 rings (SSSR count). The first-order valence-corrected chi connectivity index (χ1v) is 6.53. The quantitative estimate of drug-likeness (QED) is 0.500. The number of aliphatic hydroxyl groups excluding tert-OH is 1. The van der Waals surface area contributed by atoms with Crippen LogP contribution in [0.25, 0.3) is 0 Å². The van der Waals surface area contributed by atoms with Crippen molar-refractivity contribution in [1.82, 2.24) is 0 Å². The Labute approximate surface area is 108 Å². The van der Waals surface area contributed by atoms with Gasteiger partial charge in [0.25, 0.3) is 0 Å². The average Bonchev–Trinajstić information content (AvgIpc) is 2.36. The number of hydrogen-bond donors (Lipinski definition) is 1. The molecule has 0 amide bonds. The van der Waals surface area contributed by atoms with Crippen LogP contribution in [0.3, 0.4) is 0 Å². The van der Waals surface area contributed by atoms with Crippen molar-refractivity contribution in [3.8, 4) is 23.0 Å². The molecule has 2 heteroatoms. The van der Waals surface area contributed by atoms with Gasteiger partial charge >= 0.3 is 0 Å². The molecule has 0 aliphatic rings. The summed E-state index contributed by atoms with van der Waals surface area (Å²) in [5.41, 5.74) is 0. The molecule has 0 saturated heterocycles. The Morgan fingerprint density at radius 3 is 2.71 bits per heavy atom. The van der Waals surface area contributed by atoms with Gasteiger partial charge in [-0.15, -0.1) is 0 Å². The Bertz CT molecular complexity index is 431. The second-order valence-electron chi connectivity index (χ2n) is 3.49. The third-order valence-electron chi connectivity index (χ3n) is 2.00. The van der Waals surface area contributed by atoms with Crippen LogP contribution in [0.1, 0.15) is 26.2 Å². The van der Waals surface area contributed by atoms with Crippen LogP contribution in [0.5, 0.6) is 0 Å². The highest BCUT2D eigenvalue weighted by atomic mass is 32.2. The third kappa shape index (κ3) is 6.74. The van der Waals surface area contributed by atoms with Gasteiger partial charge < -0.3 is 5.11 Å². The van der Waals surface area contributed by atoms with E-state index in [1.807, 2.05) is 30.3 Å². The molecule has 17 heavy (non-hydrogen) atoms. The van der Waals surface area contributed by atoms with Gasteiger partial charge in [0.15, 0.2) is 6.10 Å². The number of thioether (sulfide) groups is 1. The summed E-state index contributed by atoms with van der Waals surface area (Å²) in [5.74, 6) is 8.35. The predicted molar refractivity (Wildman–Crippen MR) is 73.4 cm³/mol. The molecule has 1 aromatic carbocycles. The lowest BCUT2D eigenvalue weighted by Crippen LogP contribution is -1.96. The van der Waals surface area contributed by atoms with Crippen LogP contribution < -0.4 is 0 Å². The molecule has 0 fully saturated rings. The maximum absolute atomic E-state index is 9.47. The van der Waals surface area contributed by atoms with Gasteiger partial charge in [0.1, 0.15) is 0 Å². The molecule has 0 heterocycles. The molecule has 1 aromatic rings. The molecule has 0 aliphatic heterocycles. The van der Waals surface area contributed by atoms with Crippen molar-refractivity contribution in [2.45, 2.75) is 37.2 Å². The first-order chi connectivity index (χ1) is 8.33. The van der Waals surface area contributed by atoms with Crippen LogP contribution in [0.4, 0.5) is 0 Å². The fourth-order valence-electron chi connectivity index (χ4n) is 1.10. The molecular weight excluding hydrogens is 228 g/mol. The Morgan fingerprint density at radius 1 is 1.24 bits per heavy atom. The van der Waals surface area contributed by atoms with Gasteiger partial charge in [-0.05, 0) is 41.5 Å². The lowest BCUT2D eigenvalue weighted by Gasteiger charge is -1.92. The molecular formula is C15H16OS. The van der Waals surface area contributed by atoms with Crippen LogP contribution in [-0.2, 0) is 0 Å². The van der Waals surface area contributed by atoms with Crippen LogP contribution in [0, 0.1) is 23.0 Å². The van der Waals surface area contributed by atoms with Crippen molar-refractivity contribution in [3.05, 3.63) is 30.3 Å². The summed E-state index contributed by atoms with van der Waals surface area (Å²) in [4.78, 5) is 1.08. The zero-order chi connectivity index (χ0) is 12.3. The maximum Gasteiger partial charge on any atom is 0.177 e. The van der Waals surface area contributed by atoms with Gasteiger partial charge in [-0.1, -0.05) is 43.4 Å². The smallest absolute Gasteiger partial charge is 0.177 e. The highest BCUT2D eigenvalue weighted by molar-refractivity contribution is 8.03. The van der Waals surface area contributed by atoms with Crippen molar-refractivity contribution in [2.75, 3.05) is 0 Å². The third-order valence-corrected chi connectivity index (χ3v) is 2.73. The average molecular weight is 244 g/mol. The second-order valence-corrected chi connectivity index (χ2v) is 4.37. The molecule has 0 aliphatic carbocycles. The van der Waals surface area contributed by atoms with E-state index >= 15 is 0 Å². The largest absolute Gasteiger partial charge is 0.369 e. The summed E-state index contributed by atoms with van der Waals surface area (Å²) in [6, 6.07) is 9.86. The summed E-state index contributed by atoms with van der Waals surface area (Å²) in [6.45, 7) is 2.12. The van der Waals surface area contributed by atoms with Crippen LogP contribution in [-0.4, -0.2) is 11.2 Å². The molecule has 1 unspecified atom stereocenters. The van der Waals surface area contributed by atoms with Gasteiger partial charge in [0.05, 0.1) is 0 Å². The van der Waals surface area contributed by atoms with E-state index in [-0.39, 0.29) is 0 Å². The Kier molecular flexibility index (Phi) is 7.07. The lowest BCUT2D eigenvalue weighted by atomic mass is 10.2. The molecule has 0 radical (unpaired) electrons. The molecule has 1 N–H and O–H groups in total. The fraction of sp³-hybridized carbons (Fsp3) is 0.333. The van der Waals surface area contributed by atoms with Crippen molar-refractivity contribution in [3.63, 3.8) is 0 Å². The summed E-state index contributed by atoms with van der Waals surface area (Å²) >= 11 is 1.40. The van der Waals surface area contributed by atoms with Crippen LogP contribution >= 0.6 is 11.8 Å². The first kappa shape index (κ1) is 13.7. The number of rotatable bonds is 3. The minimum atomic E-state index is -0.830. The molecule has 88 valence electrons. The fourth-order valence-corrected chi connectivity index (χ4v) is 1.68. The number of unbranched alkanes of at least 4 members (excludes halogenated alkanes) is 2. The zero-order valence-electron chi connectivity index (χ0n) is 9.94. The summed E-state index contributed by atoms with van der Waals surface area (Å²) in [7, 11) is 0. The summed E-state index contributed by atoms with van der Waals surface area (Å²) in [6.07, 6.45) is 2.20. The summed E-state index contributed by atoms with van der Waals surface area (Å²) in [5, 5.41) is 12.3. The Morgan fingerprint density at radius 2 is 2.00 bits per heavy atom. The number of hydrogen-bond acceptors (Lipinski definition) is 2. The molecule has 1 nitrogen and oxygen atoms in total. The van der Waals surface area contributed by atoms with E-state index in [4.69, 9.17) is 0 Å². The van der Waals surface area contributed by atoms with E-state index < -0.39 is 6.10 Å². The van der Waals surface area contributed by atoms with Crippen molar-refractivity contribution < 1.29 is 5.11 Å². The normalized spacial score (nSPS) is 10.7. The van der Waals surface area contributed by atoms with E-state index in [1.165, 1.54) is 11.8 Å². The highest BCUT2D eigenvalue weighted by Gasteiger charge is 1.90. The van der Waals surface area contributed by atoms with Crippen LogP contribution in [0.15, 0.2) is 35.2 Å². The highest BCUT2D eigenvalue weighted by Crippen LogP contribution is 2.14. The molecule has 0 bridgehead atoms. The minimum Gasteiger partial charge on any atom is -0.369 e. The topological polar surface area (TPSA) is 20.2 Å². The van der Waals surface area contributed by atoms with Gasteiger partial charge in [0, 0.05) is 11.3 Å². The Balaban J connectivity index is 2.35. The second kappa shape index (κ2) is 8.76. The van der Waals surface area contributed by atoms with Crippen molar-refractivity contribution in [2.24, 2.45) is 0 Å². The van der Waals surface area contributed by atoms with Gasteiger partial charge in [-0.3, -0.25) is 0 Å². The van der Waals surface area contributed by atoms with E-state index in [0.717, 1.165) is 24.2 Å². The number of benzene rings is 1. The maximum atomic E-state index is 9.47. The van der Waals surface area contributed by atoms with Gasteiger partial charge in [-0.2, -0.15) is 0 Å². The predicted octanol–water partition coefficient (Wildman–Crippen LogP) is 3.29. The SMILES string of the molecule is CCCCC#CC(O)C#CSc1ccccc1. The van der Waals surface area contributed by atoms with Crippen molar-refractivity contribution >= 4 is 11.8 Å². The van der Waals surface area contributed by atoms with E-state index in [1.54, 1.807) is 0 Å². The van der Waals surface area contributed by atoms with Gasteiger partial charge in [-0.25, -0.2) is 0 Å². The molecule has 0 spiro atoms. The van der Waals surface area contributed by atoms with E-state index in [2.05, 4.69) is 29.9 Å². The monoisotopic (exact) mass is 244 g/mol. The minimum absolute atomic E-state index is 0.830. The lowest BCUT2D eigenvalue weighted by molar-refractivity contribution is 0.289.